The van der Waals surface area contributed by atoms with Crippen LogP contribution in [0.15, 0.2) is 72.4 Å². The van der Waals surface area contributed by atoms with Crippen LogP contribution >= 0.6 is 0 Å². The summed E-state index contributed by atoms with van der Waals surface area (Å²) in [6, 6.07) is 17.7. The number of halogens is 1. The SMILES string of the molecule is COc1ccc(OC)c(N2C(=O)C(Nc3ccc(C)cc3)=C(c3ccc(F)cc3)C2=O)c1. The normalized spacial score (nSPS) is 13.6. The summed E-state index contributed by atoms with van der Waals surface area (Å²) in [5, 5.41) is 3.08. The summed E-state index contributed by atoms with van der Waals surface area (Å²) < 4.78 is 24.2. The summed E-state index contributed by atoms with van der Waals surface area (Å²) in [5.74, 6) is -0.748. The average Bonchev–Trinajstić information content (AvgIpc) is 3.04. The van der Waals surface area contributed by atoms with Gasteiger partial charge in [0.15, 0.2) is 0 Å². The number of ether oxygens (including phenoxy) is 2. The summed E-state index contributed by atoms with van der Waals surface area (Å²) in [6.07, 6.45) is 0. The van der Waals surface area contributed by atoms with Gasteiger partial charge in [-0.1, -0.05) is 29.8 Å². The van der Waals surface area contributed by atoms with Crippen molar-refractivity contribution in [2.45, 2.75) is 6.92 Å². The van der Waals surface area contributed by atoms with Gasteiger partial charge in [-0.2, -0.15) is 0 Å². The minimum Gasteiger partial charge on any atom is -0.497 e. The predicted molar refractivity (Wildman–Crippen MR) is 120 cm³/mol. The molecule has 0 aromatic heterocycles. The predicted octanol–water partition coefficient (Wildman–Crippen LogP) is 4.55. The lowest BCUT2D eigenvalue weighted by molar-refractivity contribution is -0.120. The van der Waals surface area contributed by atoms with Gasteiger partial charge in [0.2, 0.25) is 0 Å². The molecule has 0 saturated carbocycles. The highest BCUT2D eigenvalue weighted by molar-refractivity contribution is 6.46. The molecule has 0 unspecified atom stereocenters. The molecule has 7 heteroatoms. The standard InChI is InChI=1S/C25H21FN2O4/c1-15-4-10-18(11-5-15)27-23-22(16-6-8-17(26)9-7-16)24(29)28(25(23)30)20-14-19(31-2)12-13-21(20)32-3/h4-14,27H,1-3H3. The number of aryl methyl sites for hydroxylation is 1. The maximum absolute atomic E-state index is 13.5. The second kappa shape index (κ2) is 8.55. The van der Waals surface area contributed by atoms with Gasteiger partial charge >= 0.3 is 0 Å². The number of imide groups is 1. The minimum absolute atomic E-state index is 0.0929. The number of nitrogens with zero attached hydrogens (tertiary/aromatic N) is 1. The Bertz CT molecular complexity index is 1220. The van der Waals surface area contributed by atoms with E-state index in [1.54, 1.807) is 18.2 Å². The number of nitrogens with one attached hydrogen (secondary N) is 1. The fourth-order valence-electron chi connectivity index (χ4n) is 3.50. The summed E-state index contributed by atoms with van der Waals surface area (Å²) >= 11 is 0. The Morgan fingerprint density at radius 3 is 2.16 bits per heavy atom. The van der Waals surface area contributed by atoms with Crippen molar-refractivity contribution in [1.82, 2.24) is 0 Å². The van der Waals surface area contributed by atoms with Crippen LogP contribution < -0.4 is 19.7 Å². The van der Waals surface area contributed by atoms with E-state index in [1.807, 2.05) is 31.2 Å². The first-order valence-electron chi connectivity index (χ1n) is 9.87. The number of carbonyl (C=O) groups is 2. The topological polar surface area (TPSA) is 67.9 Å². The van der Waals surface area contributed by atoms with E-state index in [4.69, 9.17) is 9.47 Å². The number of rotatable bonds is 6. The molecular weight excluding hydrogens is 411 g/mol. The van der Waals surface area contributed by atoms with Crippen molar-refractivity contribution in [3.63, 3.8) is 0 Å². The fourth-order valence-corrected chi connectivity index (χ4v) is 3.50. The van der Waals surface area contributed by atoms with Crippen molar-refractivity contribution in [3.05, 3.63) is 89.4 Å². The van der Waals surface area contributed by atoms with Crippen LogP contribution in [0.5, 0.6) is 11.5 Å². The Labute approximate surface area is 184 Å². The number of amides is 2. The van der Waals surface area contributed by atoms with Crippen LogP contribution in [0.3, 0.4) is 0 Å². The van der Waals surface area contributed by atoms with Crippen molar-refractivity contribution in [1.29, 1.82) is 0 Å². The van der Waals surface area contributed by atoms with Crippen molar-refractivity contribution >= 4 is 28.8 Å². The van der Waals surface area contributed by atoms with E-state index < -0.39 is 17.6 Å². The number of methoxy groups -OCH3 is 2. The molecule has 1 aliphatic heterocycles. The number of hydrogen-bond donors (Lipinski definition) is 1. The van der Waals surface area contributed by atoms with Crippen LogP contribution in [0.25, 0.3) is 5.57 Å². The van der Waals surface area contributed by atoms with Crippen LogP contribution in [0.4, 0.5) is 15.8 Å². The molecule has 162 valence electrons. The van der Waals surface area contributed by atoms with Gasteiger partial charge in [0.05, 0.1) is 25.5 Å². The summed E-state index contributed by atoms with van der Waals surface area (Å²) in [4.78, 5) is 28.1. The third-order valence-electron chi connectivity index (χ3n) is 5.16. The molecule has 4 rings (SSSR count). The number of carbonyl (C=O) groups excluding carboxylic acids is 2. The molecule has 6 nitrogen and oxygen atoms in total. The molecule has 0 saturated heterocycles. The molecule has 2 amide bonds. The molecule has 3 aromatic carbocycles. The molecule has 1 heterocycles. The van der Waals surface area contributed by atoms with Crippen molar-refractivity contribution < 1.29 is 23.5 Å². The molecule has 0 atom stereocenters. The number of benzene rings is 3. The third-order valence-corrected chi connectivity index (χ3v) is 5.16. The Hall–Kier alpha value is -4.13. The van der Waals surface area contributed by atoms with E-state index in [-0.39, 0.29) is 17.0 Å². The maximum atomic E-state index is 13.5. The highest BCUT2D eigenvalue weighted by Gasteiger charge is 2.41. The second-order valence-corrected chi connectivity index (χ2v) is 7.23. The fraction of sp³-hybridized carbons (Fsp3) is 0.120. The zero-order valence-electron chi connectivity index (χ0n) is 17.8. The molecule has 0 fully saturated rings. The van der Waals surface area contributed by atoms with E-state index >= 15 is 0 Å². The molecule has 0 radical (unpaired) electrons. The highest BCUT2D eigenvalue weighted by atomic mass is 19.1. The Morgan fingerprint density at radius 1 is 0.844 bits per heavy atom. The highest BCUT2D eigenvalue weighted by Crippen LogP contribution is 2.39. The van der Waals surface area contributed by atoms with Gasteiger partial charge < -0.3 is 14.8 Å². The van der Waals surface area contributed by atoms with E-state index in [0.29, 0.717) is 22.7 Å². The van der Waals surface area contributed by atoms with Gasteiger partial charge in [0.25, 0.3) is 11.8 Å². The molecule has 1 N–H and O–H groups in total. The van der Waals surface area contributed by atoms with Gasteiger partial charge in [-0.15, -0.1) is 0 Å². The van der Waals surface area contributed by atoms with Crippen molar-refractivity contribution in [2.75, 3.05) is 24.4 Å². The molecular formula is C25H21FN2O4. The van der Waals surface area contributed by atoms with E-state index in [2.05, 4.69) is 5.32 Å². The molecule has 0 aliphatic carbocycles. The summed E-state index contributed by atoms with van der Waals surface area (Å²) in [7, 11) is 2.95. The molecule has 32 heavy (non-hydrogen) atoms. The zero-order valence-corrected chi connectivity index (χ0v) is 17.8. The van der Waals surface area contributed by atoms with Crippen molar-refractivity contribution in [2.24, 2.45) is 0 Å². The molecule has 3 aromatic rings. The lowest BCUT2D eigenvalue weighted by Crippen LogP contribution is -2.32. The van der Waals surface area contributed by atoms with Crippen LogP contribution in [0.1, 0.15) is 11.1 Å². The van der Waals surface area contributed by atoms with E-state index in [0.717, 1.165) is 10.5 Å². The maximum Gasteiger partial charge on any atom is 0.282 e. The van der Waals surface area contributed by atoms with Gasteiger partial charge in [0, 0.05) is 11.8 Å². The first-order chi connectivity index (χ1) is 15.4. The summed E-state index contributed by atoms with van der Waals surface area (Å²) in [6.45, 7) is 1.95. The molecule has 0 bridgehead atoms. The third kappa shape index (κ3) is 3.80. The Balaban J connectivity index is 1.85. The van der Waals surface area contributed by atoms with Gasteiger partial charge in [0.1, 0.15) is 23.0 Å². The molecule has 0 spiro atoms. The zero-order chi connectivity index (χ0) is 22.8. The monoisotopic (exact) mass is 432 g/mol. The Kier molecular flexibility index (Phi) is 5.64. The van der Waals surface area contributed by atoms with Crippen LogP contribution in [0, 0.1) is 12.7 Å². The smallest absolute Gasteiger partial charge is 0.282 e. The number of hydrogen-bond acceptors (Lipinski definition) is 5. The lowest BCUT2D eigenvalue weighted by Gasteiger charge is -2.19. The van der Waals surface area contributed by atoms with Crippen molar-refractivity contribution in [3.8, 4) is 11.5 Å². The summed E-state index contributed by atoms with van der Waals surface area (Å²) in [5.41, 5.74) is 2.60. The van der Waals surface area contributed by atoms with Crippen LogP contribution in [-0.4, -0.2) is 26.0 Å². The average molecular weight is 432 g/mol. The van der Waals surface area contributed by atoms with Gasteiger partial charge in [-0.05, 0) is 48.9 Å². The van der Waals surface area contributed by atoms with E-state index in [9.17, 15) is 14.0 Å². The van der Waals surface area contributed by atoms with Crippen LogP contribution in [-0.2, 0) is 9.59 Å². The molecule has 1 aliphatic rings. The van der Waals surface area contributed by atoms with Crippen LogP contribution in [0.2, 0.25) is 0 Å². The minimum atomic E-state index is -0.554. The first-order valence-corrected chi connectivity index (χ1v) is 9.87. The first kappa shape index (κ1) is 21.1. The largest absolute Gasteiger partial charge is 0.497 e. The second-order valence-electron chi connectivity index (χ2n) is 7.23. The van der Waals surface area contributed by atoms with E-state index in [1.165, 1.54) is 38.5 Å². The Morgan fingerprint density at radius 2 is 1.53 bits per heavy atom. The number of anilines is 2. The van der Waals surface area contributed by atoms with Gasteiger partial charge in [-0.25, -0.2) is 9.29 Å². The quantitative estimate of drug-likeness (QED) is 0.579. The lowest BCUT2D eigenvalue weighted by atomic mass is 10.0. The van der Waals surface area contributed by atoms with Gasteiger partial charge in [-0.3, -0.25) is 9.59 Å².